The Morgan fingerprint density at radius 3 is 2.93 bits per heavy atom. The number of carbonyl (C=O) groups excluding carboxylic acids is 1. The van der Waals surface area contributed by atoms with Crippen LogP contribution in [-0.4, -0.2) is 12.3 Å². The van der Waals surface area contributed by atoms with Gasteiger partial charge in [-0.05, 0) is 43.7 Å². The molecule has 0 aromatic heterocycles. The first-order valence-electron chi connectivity index (χ1n) is 6.20. The molecule has 0 heterocycles. The highest BCUT2D eigenvalue weighted by atomic mass is 16.1. The average molecular weight is 209 g/mol. The first kappa shape index (κ1) is 12.4. The van der Waals surface area contributed by atoms with Crippen molar-refractivity contribution < 1.29 is 4.79 Å². The molecule has 1 rings (SSSR count). The molecule has 0 aromatic carbocycles. The Morgan fingerprint density at radius 1 is 1.47 bits per heavy atom. The molecule has 0 saturated carbocycles. The maximum Gasteiger partial charge on any atom is 0.158 e. The molecule has 0 aromatic rings. The van der Waals surface area contributed by atoms with E-state index >= 15 is 0 Å². The zero-order valence-electron chi connectivity index (χ0n) is 9.80. The number of Topliss-reactive ketones (excluding diaryl/α,β-unsaturated/α-hetero) is 1. The summed E-state index contributed by atoms with van der Waals surface area (Å²) in [6, 6.07) is 0. The predicted octanol–water partition coefficient (Wildman–Crippen LogP) is 2.82. The van der Waals surface area contributed by atoms with E-state index in [1.165, 1.54) is 19.3 Å². The van der Waals surface area contributed by atoms with Gasteiger partial charge in [-0.1, -0.05) is 25.8 Å². The maximum atomic E-state index is 12.0. The Labute approximate surface area is 92.9 Å². The summed E-state index contributed by atoms with van der Waals surface area (Å²) in [5.41, 5.74) is 6.69. The van der Waals surface area contributed by atoms with Crippen molar-refractivity contribution in [2.75, 3.05) is 6.54 Å². The Kier molecular flexibility index (Phi) is 5.62. The van der Waals surface area contributed by atoms with Crippen molar-refractivity contribution in [1.29, 1.82) is 0 Å². The fourth-order valence-corrected chi connectivity index (χ4v) is 2.06. The van der Waals surface area contributed by atoms with E-state index in [9.17, 15) is 4.79 Å². The molecule has 0 aliphatic heterocycles. The Bertz CT molecular complexity index is 229. The van der Waals surface area contributed by atoms with Gasteiger partial charge in [-0.25, -0.2) is 0 Å². The average Bonchev–Trinajstić information content (AvgIpc) is 2.54. The molecule has 2 heteroatoms. The monoisotopic (exact) mass is 209 g/mol. The van der Waals surface area contributed by atoms with Crippen LogP contribution in [0.1, 0.15) is 51.9 Å². The minimum absolute atomic E-state index is 0.342. The highest BCUT2D eigenvalue weighted by Crippen LogP contribution is 2.20. The van der Waals surface area contributed by atoms with E-state index in [1.54, 1.807) is 0 Å². The number of hydrogen-bond acceptors (Lipinski definition) is 2. The molecule has 1 aliphatic rings. The Balaban J connectivity index is 2.47. The van der Waals surface area contributed by atoms with Crippen LogP contribution in [0.2, 0.25) is 0 Å². The minimum Gasteiger partial charge on any atom is -0.330 e. The van der Waals surface area contributed by atoms with Crippen molar-refractivity contribution in [3.63, 3.8) is 0 Å². The van der Waals surface area contributed by atoms with Crippen molar-refractivity contribution >= 4 is 5.78 Å². The lowest BCUT2D eigenvalue weighted by atomic mass is 9.94. The fraction of sp³-hybridized carbons (Fsp3) is 0.769. The highest BCUT2D eigenvalue weighted by Gasteiger charge is 2.15. The van der Waals surface area contributed by atoms with Crippen LogP contribution in [0.3, 0.4) is 0 Å². The molecule has 1 aliphatic carbocycles. The molecule has 0 saturated heterocycles. The molecule has 1 unspecified atom stereocenters. The first-order valence-corrected chi connectivity index (χ1v) is 6.20. The topological polar surface area (TPSA) is 43.1 Å². The van der Waals surface area contributed by atoms with Gasteiger partial charge in [0.15, 0.2) is 5.78 Å². The van der Waals surface area contributed by atoms with Crippen LogP contribution in [0.5, 0.6) is 0 Å². The van der Waals surface area contributed by atoms with E-state index in [2.05, 4.69) is 13.0 Å². The lowest BCUT2D eigenvalue weighted by Gasteiger charge is -2.12. The molecule has 86 valence electrons. The zero-order chi connectivity index (χ0) is 11.1. The lowest BCUT2D eigenvalue weighted by Crippen LogP contribution is -2.18. The molecule has 0 spiro atoms. The number of hydrogen-bond donors (Lipinski definition) is 1. The molecule has 2 N–H and O–H groups in total. The van der Waals surface area contributed by atoms with Crippen LogP contribution in [0.4, 0.5) is 0 Å². The summed E-state index contributed by atoms with van der Waals surface area (Å²) in [6.45, 7) is 2.74. The molecule has 0 fully saturated rings. The van der Waals surface area contributed by atoms with Crippen molar-refractivity contribution in [1.82, 2.24) is 0 Å². The van der Waals surface area contributed by atoms with Crippen LogP contribution in [-0.2, 0) is 4.79 Å². The third kappa shape index (κ3) is 4.17. The maximum absolute atomic E-state index is 12.0. The SMILES string of the molecule is CCC(CN)CC(=O)C1=CCCCCC1. The van der Waals surface area contributed by atoms with Crippen molar-refractivity contribution in [2.45, 2.75) is 51.9 Å². The molecule has 0 radical (unpaired) electrons. The van der Waals surface area contributed by atoms with Crippen LogP contribution < -0.4 is 5.73 Å². The van der Waals surface area contributed by atoms with Gasteiger partial charge in [-0.2, -0.15) is 0 Å². The highest BCUT2D eigenvalue weighted by molar-refractivity contribution is 5.95. The Morgan fingerprint density at radius 2 is 2.27 bits per heavy atom. The molecular formula is C13H23NO. The number of ketones is 1. The van der Waals surface area contributed by atoms with Crippen molar-refractivity contribution in [2.24, 2.45) is 11.7 Å². The molecule has 1 atom stereocenters. The number of allylic oxidation sites excluding steroid dienone is 2. The normalized spacial score (nSPS) is 19.2. The summed E-state index contributed by atoms with van der Waals surface area (Å²) in [6.07, 6.45) is 9.57. The smallest absolute Gasteiger partial charge is 0.158 e. The van der Waals surface area contributed by atoms with Crippen molar-refractivity contribution in [3.05, 3.63) is 11.6 Å². The lowest BCUT2D eigenvalue weighted by molar-refractivity contribution is -0.116. The quantitative estimate of drug-likeness (QED) is 0.756. The summed E-state index contributed by atoms with van der Waals surface area (Å²) in [7, 11) is 0. The van der Waals surface area contributed by atoms with E-state index in [4.69, 9.17) is 5.73 Å². The van der Waals surface area contributed by atoms with E-state index in [0.29, 0.717) is 24.7 Å². The summed E-state index contributed by atoms with van der Waals surface area (Å²) < 4.78 is 0. The second-order valence-electron chi connectivity index (χ2n) is 4.47. The van der Waals surface area contributed by atoms with Gasteiger partial charge in [0.2, 0.25) is 0 Å². The summed E-state index contributed by atoms with van der Waals surface area (Å²) >= 11 is 0. The van der Waals surface area contributed by atoms with Gasteiger partial charge in [-0.3, -0.25) is 4.79 Å². The Hall–Kier alpha value is -0.630. The van der Waals surface area contributed by atoms with Gasteiger partial charge in [0.05, 0.1) is 0 Å². The number of rotatable bonds is 5. The second kappa shape index (κ2) is 6.78. The molecular weight excluding hydrogens is 186 g/mol. The van der Waals surface area contributed by atoms with Gasteiger partial charge < -0.3 is 5.73 Å². The van der Waals surface area contributed by atoms with E-state index in [1.807, 2.05) is 0 Å². The molecule has 2 nitrogen and oxygen atoms in total. The third-order valence-electron chi connectivity index (χ3n) is 3.28. The van der Waals surface area contributed by atoms with Gasteiger partial charge in [0.1, 0.15) is 0 Å². The van der Waals surface area contributed by atoms with Gasteiger partial charge in [0.25, 0.3) is 0 Å². The van der Waals surface area contributed by atoms with Crippen LogP contribution >= 0.6 is 0 Å². The van der Waals surface area contributed by atoms with Crippen LogP contribution in [0, 0.1) is 5.92 Å². The standard InChI is InChI=1S/C13H23NO/c1-2-11(10-14)9-13(15)12-7-5-3-4-6-8-12/h7,11H,2-6,8-10,14H2,1H3. The largest absolute Gasteiger partial charge is 0.330 e. The van der Waals surface area contributed by atoms with E-state index in [-0.39, 0.29) is 0 Å². The molecule has 15 heavy (non-hydrogen) atoms. The zero-order valence-corrected chi connectivity index (χ0v) is 9.80. The molecule has 0 bridgehead atoms. The number of carbonyl (C=O) groups is 1. The van der Waals surface area contributed by atoms with Crippen LogP contribution in [0.25, 0.3) is 0 Å². The predicted molar refractivity (Wildman–Crippen MR) is 63.6 cm³/mol. The van der Waals surface area contributed by atoms with Crippen molar-refractivity contribution in [3.8, 4) is 0 Å². The van der Waals surface area contributed by atoms with Crippen LogP contribution in [0.15, 0.2) is 11.6 Å². The third-order valence-corrected chi connectivity index (χ3v) is 3.28. The minimum atomic E-state index is 0.342. The second-order valence-corrected chi connectivity index (χ2v) is 4.47. The van der Waals surface area contributed by atoms with Gasteiger partial charge in [0, 0.05) is 6.42 Å². The number of nitrogens with two attached hydrogens (primary N) is 1. The summed E-state index contributed by atoms with van der Waals surface area (Å²) in [5, 5.41) is 0. The van der Waals surface area contributed by atoms with E-state index in [0.717, 1.165) is 24.8 Å². The van der Waals surface area contributed by atoms with E-state index < -0.39 is 0 Å². The summed E-state index contributed by atoms with van der Waals surface area (Å²) in [5.74, 6) is 0.718. The fourth-order valence-electron chi connectivity index (χ4n) is 2.06. The van der Waals surface area contributed by atoms with Gasteiger partial charge in [-0.15, -0.1) is 0 Å². The first-order chi connectivity index (χ1) is 7.27. The molecule has 0 amide bonds. The summed E-state index contributed by atoms with van der Waals surface area (Å²) in [4.78, 5) is 12.0. The van der Waals surface area contributed by atoms with Gasteiger partial charge >= 0.3 is 0 Å².